The minimum Gasteiger partial charge on any atom is -0.352 e. The van der Waals surface area contributed by atoms with Gasteiger partial charge < -0.3 is 15.5 Å². The van der Waals surface area contributed by atoms with Crippen molar-refractivity contribution in [3.63, 3.8) is 0 Å². The van der Waals surface area contributed by atoms with E-state index in [4.69, 9.17) is 0 Å². The minimum absolute atomic E-state index is 0.142. The van der Waals surface area contributed by atoms with Crippen LogP contribution < -0.4 is 10.6 Å². The highest BCUT2D eigenvalue weighted by atomic mass is 19.1. The van der Waals surface area contributed by atoms with Crippen LogP contribution in [-0.4, -0.2) is 40.2 Å². The summed E-state index contributed by atoms with van der Waals surface area (Å²) in [6.45, 7) is 0.953. The summed E-state index contributed by atoms with van der Waals surface area (Å²) in [4.78, 5) is 26.4. The highest BCUT2D eigenvalue weighted by molar-refractivity contribution is 5.78. The van der Waals surface area contributed by atoms with Gasteiger partial charge in [-0.2, -0.15) is 5.10 Å². The number of carbonyl (C=O) groups is 2. The second kappa shape index (κ2) is 11.8. The quantitative estimate of drug-likeness (QED) is 0.366. The Balaban J connectivity index is 1.33. The standard InChI is InChI=1S/C28H28FN5O2/c1-33(19-21-8-4-2-5-9-21)28(36)30-17-16-26(35)31-18-23-20-34(25-10-6-3-7-11-25)32-27(23)22-12-14-24(29)15-13-22/h2-15,20H,16-19H2,1H3,(H,30,36)(H,31,35). The maximum absolute atomic E-state index is 13.4. The Kier molecular flexibility index (Phi) is 8.08. The molecule has 8 heteroatoms. The average molecular weight is 486 g/mol. The predicted molar refractivity (Wildman–Crippen MR) is 137 cm³/mol. The summed E-state index contributed by atoms with van der Waals surface area (Å²) >= 11 is 0. The van der Waals surface area contributed by atoms with Gasteiger partial charge in [0.05, 0.1) is 11.4 Å². The number of aromatic nitrogens is 2. The normalized spacial score (nSPS) is 10.6. The summed E-state index contributed by atoms with van der Waals surface area (Å²) in [5, 5.41) is 10.3. The molecule has 0 aliphatic heterocycles. The summed E-state index contributed by atoms with van der Waals surface area (Å²) < 4.78 is 15.2. The van der Waals surface area contributed by atoms with Gasteiger partial charge in [-0.25, -0.2) is 13.9 Å². The van der Waals surface area contributed by atoms with E-state index in [1.165, 1.54) is 12.1 Å². The van der Waals surface area contributed by atoms with E-state index in [1.54, 1.807) is 28.8 Å². The molecule has 1 aromatic heterocycles. The molecule has 1 heterocycles. The molecular weight excluding hydrogens is 457 g/mol. The summed E-state index contributed by atoms with van der Waals surface area (Å²) in [7, 11) is 1.71. The third-order valence-electron chi connectivity index (χ3n) is 5.64. The molecule has 2 N–H and O–H groups in total. The monoisotopic (exact) mass is 485 g/mol. The number of rotatable bonds is 9. The third kappa shape index (κ3) is 6.56. The first-order valence-corrected chi connectivity index (χ1v) is 11.7. The van der Waals surface area contributed by atoms with Gasteiger partial charge in [-0.3, -0.25) is 4.79 Å². The smallest absolute Gasteiger partial charge is 0.317 e. The highest BCUT2D eigenvalue weighted by Crippen LogP contribution is 2.24. The van der Waals surface area contributed by atoms with Crippen molar-refractivity contribution in [2.75, 3.05) is 13.6 Å². The van der Waals surface area contributed by atoms with Crippen molar-refractivity contribution in [1.29, 1.82) is 0 Å². The number of hydrogen-bond acceptors (Lipinski definition) is 3. The van der Waals surface area contributed by atoms with Crippen molar-refractivity contribution < 1.29 is 14.0 Å². The molecule has 0 spiro atoms. The molecule has 0 atom stereocenters. The molecule has 0 unspecified atom stereocenters. The average Bonchev–Trinajstić information content (AvgIpc) is 3.33. The van der Waals surface area contributed by atoms with Crippen LogP contribution >= 0.6 is 0 Å². The van der Waals surface area contributed by atoms with Crippen LogP contribution in [0.5, 0.6) is 0 Å². The summed E-state index contributed by atoms with van der Waals surface area (Å²) in [6, 6.07) is 25.2. The summed E-state index contributed by atoms with van der Waals surface area (Å²) in [6.07, 6.45) is 2.00. The first-order valence-electron chi connectivity index (χ1n) is 11.7. The van der Waals surface area contributed by atoms with E-state index in [2.05, 4.69) is 15.7 Å². The van der Waals surface area contributed by atoms with Gasteiger partial charge in [0.2, 0.25) is 5.91 Å². The van der Waals surface area contributed by atoms with Crippen LogP contribution in [0.2, 0.25) is 0 Å². The second-order valence-corrected chi connectivity index (χ2v) is 8.39. The molecule has 4 aromatic rings. The van der Waals surface area contributed by atoms with Crippen molar-refractivity contribution in [3.8, 4) is 16.9 Å². The van der Waals surface area contributed by atoms with E-state index in [9.17, 15) is 14.0 Å². The van der Waals surface area contributed by atoms with Gasteiger partial charge in [-0.1, -0.05) is 48.5 Å². The Morgan fingerprint density at radius 1 is 0.917 bits per heavy atom. The Morgan fingerprint density at radius 2 is 1.58 bits per heavy atom. The molecule has 0 fully saturated rings. The molecule has 0 bridgehead atoms. The van der Waals surface area contributed by atoms with E-state index < -0.39 is 0 Å². The molecule has 4 rings (SSSR count). The lowest BCUT2D eigenvalue weighted by molar-refractivity contribution is -0.121. The van der Waals surface area contributed by atoms with Crippen LogP contribution in [0.1, 0.15) is 17.5 Å². The lowest BCUT2D eigenvalue weighted by Gasteiger charge is -2.18. The number of benzene rings is 3. The van der Waals surface area contributed by atoms with E-state index in [1.807, 2.05) is 66.9 Å². The Morgan fingerprint density at radius 3 is 2.28 bits per heavy atom. The molecule has 7 nitrogen and oxygen atoms in total. The van der Waals surface area contributed by atoms with Crippen molar-refractivity contribution >= 4 is 11.9 Å². The first kappa shape index (κ1) is 24.7. The lowest BCUT2D eigenvalue weighted by Crippen LogP contribution is -2.38. The second-order valence-electron chi connectivity index (χ2n) is 8.39. The zero-order chi connectivity index (χ0) is 25.3. The van der Waals surface area contributed by atoms with Gasteiger partial charge in [0.15, 0.2) is 0 Å². The van der Waals surface area contributed by atoms with Gasteiger partial charge in [0, 0.05) is 50.4 Å². The SMILES string of the molecule is CN(Cc1ccccc1)C(=O)NCCC(=O)NCc1cn(-c2ccccc2)nc1-c1ccc(F)cc1. The van der Waals surface area contributed by atoms with Gasteiger partial charge in [-0.15, -0.1) is 0 Å². The fourth-order valence-corrected chi connectivity index (χ4v) is 3.73. The van der Waals surface area contributed by atoms with E-state index in [0.29, 0.717) is 12.2 Å². The molecule has 3 amide bonds. The largest absolute Gasteiger partial charge is 0.352 e. The van der Waals surface area contributed by atoms with Crippen LogP contribution in [0, 0.1) is 5.82 Å². The van der Waals surface area contributed by atoms with Crippen molar-refractivity contribution in [2.24, 2.45) is 0 Å². The van der Waals surface area contributed by atoms with Gasteiger partial charge in [0.25, 0.3) is 0 Å². The molecule has 36 heavy (non-hydrogen) atoms. The number of hydrogen-bond donors (Lipinski definition) is 2. The van der Waals surface area contributed by atoms with Crippen LogP contribution in [0.4, 0.5) is 9.18 Å². The van der Waals surface area contributed by atoms with Gasteiger partial charge >= 0.3 is 6.03 Å². The van der Waals surface area contributed by atoms with Gasteiger partial charge in [0.1, 0.15) is 5.82 Å². The summed E-state index contributed by atoms with van der Waals surface area (Å²) in [5.41, 5.74) is 4.12. The molecule has 0 aliphatic carbocycles. The lowest BCUT2D eigenvalue weighted by atomic mass is 10.1. The zero-order valence-electron chi connectivity index (χ0n) is 20.0. The highest BCUT2D eigenvalue weighted by Gasteiger charge is 2.14. The molecule has 0 radical (unpaired) electrons. The fourth-order valence-electron chi connectivity index (χ4n) is 3.73. The first-order chi connectivity index (χ1) is 17.5. The molecule has 0 saturated heterocycles. The van der Waals surface area contributed by atoms with Crippen LogP contribution in [0.25, 0.3) is 16.9 Å². The molecule has 0 aliphatic rings. The number of nitrogens with zero attached hydrogens (tertiary/aromatic N) is 3. The van der Waals surface area contributed by atoms with Crippen molar-refractivity contribution in [1.82, 2.24) is 25.3 Å². The number of urea groups is 1. The van der Waals surface area contributed by atoms with Crippen molar-refractivity contribution in [2.45, 2.75) is 19.5 Å². The maximum Gasteiger partial charge on any atom is 0.317 e. The van der Waals surface area contributed by atoms with Crippen LogP contribution in [-0.2, 0) is 17.9 Å². The Bertz CT molecular complexity index is 1290. The molecular formula is C28H28FN5O2. The number of carbonyl (C=O) groups excluding carboxylic acids is 2. The number of halogens is 1. The summed E-state index contributed by atoms with van der Waals surface area (Å²) in [5.74, 6) is -0.522. The fraction of sp³-hybridized carbons (Fsp3) is 0.179. The van der Waals surface area contributed by atoms with E-state index in [0.717, 1.165) is 22.4 Å². The van der Waals surface area contributed by atoms with E-state index >= 15 is 0 Å². The minimum atomic E-state index is -0.326. The molecule has 184 valence electrons. The van der Waals surface area contributed by atoms with Crippen LogP contribution in [0.3, 0.4) is 0 Å². The zero-order valence-corrected chi connectivity index (χ0v) is 20.0. The predicted octanol–water partition coefficient (Wildman–Crippen LogP) is 4.53. The topological polar surface area (TPSA) is 79.3 Å². The molecule has 3 aromatic carbocycles. The number of nitrogens with one attached hydrogen (secondary N) is 2. The number of para-hydroxylation sites is 1. The maximum atomic E-state index is 13.4. The third-order valence-corrected chi connectivity index (χ3v) is 5.64. The van der Waals surface area contributed by atoms with Gasteiger partial charge in [-0.05, 0) is 42.0 Å². The van der Waals surface area contributed by atoms with Crippen molar-refractivity contribution in [3.05, 3.63) is 108 Å². The Labute approximate surface area is 209 Å². The molecule has 0 saturated carbocycles. The van der Waals surface area contributed by atoms with Crippen LogP contribution in [0.15, 0.2) is 91.1 Å². The van der Waals surface area contributed by atoms with E-state index in [-0.39, 0.29) is 37.3 Å². The Hall–Kier alpha value is -4.46. The number of amides is 3.